The molecule has 0 saturated carbocycles. The van der Waals surface area contributed by atoms with E-state index in [4.69, 9.17) is 9.47 Å². The second-order valence-corrected chi connectivity index (χ2v) is 5.85. The maximum Gasteiger partial charge on any atom is 0.353 e. The molecule has 0 fully saturated rings. The third-order valence-electron chi connectivity index (χ3n) is 2.94. The number of aryl methyl sites for hydroxylation is 1. The molecule has 0 aliphatic heterocycles. The van der Waals surface area contributed by atoms with Crippen molar-refractivity contribution in [1.82, 2.24) is 0 Å². The molecule has 120 valence electrons. The summed E-state index contributed by atoms with van der Waals surface area (Å²) >= 11 is 1.37. The van der Waals surface area contributed by atoms with Crippen molar-refractivity contribution in [1.29, 1.82) is 0 Å². The third kappa shape index (κ3) is 4.43. The van der Waals surface area contributed by atoms with Gasteiger partial charge in [-0.3, -0.25) is 0 Å². The molecule has 0 bridgehead atoms. The lowest BCUT2D eigenvalue weighted by molar-refractivity contribution is -0.134. The number of rotatable bonds is 5. The first kappa shape index (κ1) is 16.8. The normalized spacial score (nSPS) is 10.6. The van der Waals surface area contributed by atoms with Gasteiger partial charge >= 0.3 is 11.9 Å². The smallest absolute Gasteiger partial charge is 0.353 e. The number of thiophene rings is 1. The molecular formula is C17H16O5S. The van der Waals surface area contributed by atoms with Crippen LogP contribution in [0.3, 0.4) is 0 Å². The molecular weight excluding hydrogens is 316 g/mol. The fraction of sp³-hybridized carbons (Fsp3) is 0.176. The number of hydrogen-bond donors (Lipinski definition) is 0. The maximum atomic E-state index is 12.1. The molecule has 6 heteroatoms. The largest absolute Gasteiger partial charge is 0.493 e. The van der Waals surface area contributed by atoms with Gasteiger partial charge in [0.25, 0.3) is 0 Å². The van der Waals surface area contributed by atoms with E-state index in [1.54, 1.807) is 30.3 Å². The highest BCUT2D eigenvalue weighted by Gasteiger charge is 2.14. The molecule has 0 aliphatic carbocycles. The van der Waals surface area contributed by atoms with E-state index in [9.17, 15) is 9.59 Å². The molecule has 0 unspecified atom stereocenters. The Kier molecular flexibility index (Phi) is 5.54. The second kappa shape index (κ2) is 7.60. The average molecular weight is 332 g/mol. The van der Waals surface area contributed by atoms with Crippen LogP contribution in [0.2, 0.25) is 0 Å². The maximum absolute atomic E-state index is 12.1. The van der Waals surface area contributed by atoms with E-state index in [0.29, 0.717) is 16.4 Å². The summed E-state index contributed by atoms with van der Waals surface area (Å²) in [6.45, 7) is 1.92. The number of carbonyl (C=O) groups excluding carboxylic acids is 2. The molecule has 1 heterocycles. The highest BCUT2D eigenvalue weighted by molar-refractivity contribution is 7.13. The summed E-state index contributed by atoms with van der Waals surface area (Å²) in [7, 11) is 2.79. The van der Waals surface area contributed by atoms with Crippen LogP contribution in [-0.2, 0) is 9.53 Å². The Hall–Kier alpha value is -2.60. The second-order valence-electron chi connectivity index (χ2n) is 4.57. The van der Waals surface area contributed by atoms with Crippen molar-refractivity contribution in [3.8, 4) is 11.5 Å². The first-order valence-electron chi connectivity index (χ1n) is 6.76. The van der Waals surface area contributed by atoms with Gasteiger partial charge in [-0.1, -0.05) is 6.07 Å². The molecule has 0 aliphatic rings. The van der Waals surface area contributed by atoms with E-state index in [0.717, 1.165) is 10.4 Å². The van der Waals surface area contributed by atoms with Gasteiger partial charge in [-0.05, 0) is 42.8 Å². The summed E-state index contributed by atoms with van der Waals surface area (Å²) < 4.78 is 15.1. The van der Waals surface area contributed by atoms with Crippen LogP contribution in [0, 0.1) is 6.92 Å². The Bertz CT molecular complexity index is 745. The molecule has 0 saturated heterocycles. The van der Waals surface area contributed by atoms with Crippen molar-refractivity contribution in [2.75, 3.05) is 14.2 Å². The average Bonchev–Trinajstić information content (AvgIpc) is 3.00. The van der Waals surface area contributed by atoms with Gasteiger partial charge in [0.2, 0.25) is 0 Å². The van der Waals surface area contributed by atoms with Gasteiger partial charge in [0.15, 0.2) is 11.5 Å². The minimum Gasteiger partial charge on any atom is -0.493 e. The van der Waals surface area contributed by atoms with E-state index in [1.165, 1.54) is 31.6 Å². The topological polar surface area (TPSA) is 61.8 Å². The van der Waals surface area contributed by atoms with Crippen LogP contribution in [0.25, 0.3) is 6.08 Å². The number of esters is 2. The fourth-order valence-electron chi connectivity index (χ4n) is 1.80. The van der Waals surface area contributed by atoms with Crippen molar-refractivity contribution < 1.29 is 23.8 Å². The highest BCUT2D eigenvalue weighted by Crippen LogP contribution is 2.30. The van der Waals surface area contributed by atoms with Crippen LogP contribution in [0.1, 0.15) is 20.1 Å². The van der Waals surface area contributed by atoms with Gasteiger partial charge in [-0.15, -0.1) is 11.3 Å². The number of ether oxygens (including phenoxy) is 3. The minimum atomic E-state index is -0.451. The van der Waals surface area contributed by atoms with Crippen molar-refractivity contribution >= 4 is 29.4 Å². The Labute approximate surface area is 138 Å². The predicted octanol–water partition coefficient (Wildman–Crippen LogP) is 3.47. The van der Waals surface area contributed by atoms with E-state index in [2.05, 4.69) is 4.74 Å². The summed E-state index contributed by atoms with van der Waals surface area (Å²) in [4.78, 5) is 24.8. The number of carbonyl (C=O) groups is 2. The number of hydrogen-bond acceptors (Lipinski definition) is 6. The summed E-state index contributed by atoms with van der Waals surface area (Å²) in [6, 6.07) is 8.58. The van der Waals surface area contributed by atoms with Gasteiger partial charge in [0, 0.05) is 11.0 Å². The summed E-state index contributed by atoms with van der Waals surface area (Å²) in [5.41, 5.74) is 0.721. The van der Waals surface area contributed by atoms with Crippen LogP contribution in [0.15, 0.2) is 36.4 Å². The lowest BCUT2D eigenvalue weighted by Gasteiger charge is -2.09. The van der Waals surface area contributed by atoms with Crippen LogP contribution in [0.5, 0.6) is 11.5 Å². The number of benzene rings is 1. The Balaban J connectivity index is 2.18. The van der Waals surface area contributed by atoms with Crippen molar-refractivity contribution in [3.63, 3.8) is 0 Å². The number of methoxy groups -OCH3 is 2. The summed E-state index contributed by atoms with van der Waals surface area (Å²) in [5.74, 6) is -0.163. The van der Waals surface area contributed by atoms with Gasteiger partial charge in [0.1, 0.15) is 4.88 Å². The first-order valence-corrected chi connectivity index (χ1v) is 7.58. The monoisotopic (exact) mass is 332 g/mol. The van der Waals surface area contributed by atoms with Crippen LogP contribution < -0.4 is 9.47 Å². The van der Waals surface area contributed by atoms with Crippen LogP contribution in [-0.4, -0.2) is 26.2 Å². The quantitative estimate of drug-likeness (QED) is 0.477. The highest BCUT2D eigenvalue weighted by atomic mass is 32.1. The minimum absolute atomic E-state index is 0.318. The van der Waals surface area contributed by atoms with Crippen molar-refractivity contribution in [2.24, 2.45) is 0 Å². The zero-order valence-electron chi connectivity index (χ0n) is 13.0. The van der Waals surface area contributed by atoms with Crippen LogP contribution >= 0.6 is 11.3 Å². The molecule has 1 aromatic heterocycles. The Morgan fingerprint density at radius 3 is 2.48 bits per heavy atom. The predicted molar refractivity (Wildman–Crippen MR) is 88.1 cm³/mol. The van der Waals surface area contributed by atoms with Gasteiger partial charge in [-0.25, -0.2) is 9.59 Å². The zero-order chi connectivity index (χ0) is 16.8. The molecule has 2 aromatic rings. The molecule has 0 atom stereocenters. The molecule has 0 N–H and O–H groups in total. The van der Waals surface area contributed by atoms with E-state index >= 15 is 0 Å². The van der Waals surface area contributed by atoms with Gasteiger partial charge in [-0.2, -0.15) is 0 Å². The van der Waals surface area contributed by atoms with Crippen molar-refractivity contribution in [3.05, 3.63) is 51.7 Å². The molecule has 0 spiro atoms. The Morgan fingerprint density at radius 2 is 1.87 bits per heavy atom. The summed E-state index contributed by atoms with van der Waals surface area (Å²) in [6.07, 6.45) is 2.89. The standard InChI is InChI=1S/C17H16O5S/c1-11-4-8-15(23-11)17(19)22-13-7-5-12(10-14(13)20-2)6-9-16(18)21-3/h4-10H,1-3H3/b9-6+. The molecule has 0 radical (unpaired) electrons. The van der Waals surface area contributed by atoms with Crippen LogP contribution in [0.4, 0.5) is 0 Å². The fourth-order valence-corrected chi connectivity index (χ4v) is 2.54. The lowest BCUT2D eigenvalue weighted by Crippen LogP contribution is -2.07. The molecule has 2 rings (SSSR count). The first-order chi connectivity index (χ1) is 11.0. The molecule has 1 aromatic carbocycles. The SMILES string of the molecule is COC(=O)/C=C/c1ccc(OC(=O)c2ccc(C)s2)c(OC)c1. The van der Waals surface area contributed by atoms with Gasteiger partial charge < -0.3 is 14.2 Å². The zero-order valence-corrected chi connectivity index (χ0v) is 13.8. The van der Waals surface area contributed by atoms with Gasteiger partial charge in [0.05, 0.1) is 14.2 Å². The van der Waals surface area contributed by atoms with E-state index < -0.39 is 11.9 Å². The molecule has 5 nitrogen and oxygen atoms in total. The van der Waals surface area contributed by atoms with E-state index in [-0.39, 0.29) is 0 Å². The molecule has 23 heavy (non-hydrogen) atoms. The Morgan fingerprint density at radius 1 is 1.09 bits per heavy atom. The van der Waals surface area contributed by atoms with E-state index in [1.807, 2.05) is 13.0 Å². The van der Waals surface area contributed by atoms with Crippen molar-refractivity contribution in [2.45, 2.75) is 6.92 Å². The molecule has 0 amide bonds. The third-order valence-corrected chi connectivity index (χ3v) is 3.93. The lowest BCUT2D eigenvalue weighted by atomic mass is 10.2. The summed E-state index contributed by atoms with van der Waals surface area (Å²) in [5, 5.41) is 0.